The minimum Gasteiger partial charge on any atom is -0.744 e. The molecule has 43 heavy (non-hydrogen) atoms. The maximum atomic E-state index is 12.1. The molecule has 0 aliphatic heterocycles. The Morgan fingerprint density at radius 3 is 1.84 bits per heavy atom. The number of hydrogen-bond acceptors (Lipinski definition) is 16. The number of fused-ring (bicyclic) bond motifs is 1. The van der Waals surface area contributed by atoms with Gasteiger partial charge >= 0.3 is 88.7 Å². The molecule has 0 bridgehead atoms. The first-order chi connectivity index (χ1) is 18.4. The quantitative estimate of drug-likeness (QED) is 0.102. The molecule has 0 saturated heterocycles. The van der Waals surface area contributed by atoms with Crippen molar-refractivity contribution in [3.05, 3.63) is 53.0 Å². The van der Waals surface area contributed by atoms with E-state index in [-0.39, 0.29) is 88.7 Å². The van der Waals surface area contributed by atoms with Crippen LogP contribution in [-0.4, -0.2) is 59.0 Å². The number of halogens is 2. The van der Waals surface area contributed by atoms with Crippen LogP contribution in [-0.2, 0) is 30.4 Å². The van der Waals surface area contributed by atoms with Crippen molar-refractivity contribution in [3.8, 4) is 5.75 Å². The van der Waals surface area contributed by atoms with Crippen molar-refractivity contribution in [3.63, 3.8) is 0 Å². The molecule has 0 fully saturated rings. The van der Waals surface area contributed by atoms with Gasteiger partial charge in [0.15, 0.2) is 5.75 Å². The number of rotatable bonds is 7. The molecular formula is C19H9Cl2N6Na3O10S3. The Morgan fingerprint density at radius 2 is 1.30 bits per heavy atom. The molecule has 0 atom stereocenters. The zero-order chi connectivity index (χ0) is 29.6. The fourth-order valence-electron chi connectivity index (χ4n) is 3.35. The van der Waals surface area contributed by atoms with E-state index in [9.17, 15) is 44.0 Å². The minimum absolute atomic E-state index is 0. The summed E-state index contributed by atoms with van der Waals surface area (Å²) in [6.45, 7) is 0. The maximum absolute atomic E-state index is 12.1. The maximum Gasteiger partial charge on any atom is 1.00 e. The van der Waals surface area contributed by atoms with Gasteiger partial charge in [-0.25, -0.2) is 25.3 Å². The van der Waals surface area contributed by atoms with E-state index in [1.807, 2.05) is 0 Å². The molecule has 0 radical (unpaired) electrons. The molecule has 0 aliphatic rings. The number of phenols is 1. The predicted molar refractivity (Wildman–Crippen MR) is 133 cm³/mol. The van der Waals surface area contributed by atoms with Crippen LogP contribution in [0.4, 0.5) is 23.0 Å². The Labute approximate surface area is 319 Å². The molecule has 0 amide bonds. The molecule has 4 aromatic rings. The molecule has 0 saturated carbocycles. The van der Waals surface area contributed by atoms with Gasteiger partial charge in [0.05, 0.1) is 20.4 Å². The molecule has 210 valence electrons. The summed E-state index contributed by atoms with van der Waals surface area (Å²) in [5.41, 5.74) is -2.02. The molecule has 0 unspecified atom stereocenters. The summed E-state index contributed by atoms with van der Waals surface area (Å²) in [6, 6.07) is 6.38. The average molecular weight is 717 g/mol. The zero-order valence-electron chi connectivity index (χ0n) is 21.9. The number of anilines is 2. The van der Waals surface area contributed by atoms with Crippen LogP contribution in [0.3, 0.4) is 0 Å². The standard InChI is InChI=1S/C19H12Cl2N6O10S3.3Na/c20-17-23-18(21)25-19(24-17)22-11-7-9(38(29,30)31)5-8-6-13(40(35,36)37)15(16(28)14(8)11)27-26-10-3-1-2-4-12(10)39(32,33)34;;;/h1-7,28H,(H,29,30,31)(H,32,33,34)(H,35,36,37)(H,22,23,24,25);;;/q;3*+1/p-3. The largest absolute Gasteiger partial charge is 1.00 e. The van der Waals surface area contributed by atoms with Gasteiger partial charge in [-0.2, -0.15) is 15.0 Å². The van der Waals surface area contributed by atoms with Crippen LogP contribution < -0.4 is 94.0 Å². The Bertz CT molecular complexity index is 2050. The first kappa shape index (κ1) is 40.5. The van der Waals surface area contributed by atoms with E-state index >= 15 is 0 Å². The summed E-state index contributed by atoms with van der Waals surface area (Å²) >= 11 is 11.5. The Balaban J connectivity index is 0.00000308. The minimum atomic E-state index is -5.48. The number of nitrogens with one attached hydrogen (secondary N) is 1. The van der Waals surface area contributed by atoms with Crippen molar-refractivity contribution in [2.24, 2.45) is 10.2 Å². The Morgan fingerprint density at radius 1 is 0.744 bits per heavy atom. The van der Waals surface area contributed by atoms with Crippen molar-refractivity contribution in [2.75, 3.05) is 5.32 Å². The average Bonchev–Trinajstić information content (AvgIpc) is 2.80. The number of nitrogens with zero attached hydrogens (tertiary/aromatic N) is 5. The first-order valence-corrected chi connectivity index (χ1v) is 15.0. The fourth-order valence-corrected chi connectivity index (χ4v) is 5.50. The molecule has 0 aliphatic carbocycles. The van der Waals surface area contributed by atoms with E-state index in [0.717, 1.165) is 18.2 Å². The third-order valence-electron chi connectivity index (χ3n) is 4.90. The van der Waals surface area contributed by atoms with Crippen LogP contribution >= 0.6 is 23.2 Å². The van der Waals surface area contributed by atoms with E-state index in [4.69, 9.17) is 23.2 Å². The molecule has 4 rings (SSSR count). The summed E-state index contributed by atoms with van der Waals surface area (Å²) in [4.78, 5) is 7.94. The van der Waals surface area contributed by atoms with Crippen molar-refractivity contribution >= 4 is 87.3 Å². The second kappa shape index (κ2) is 15.4. The van der Waals surface area contributed by atoms with Gasteiger partial charge < -0.3 is 24.1 Å². The summed E-state index contributed by atoms with van der Waals surface area (Å²) in [5, 5.41) is 18.8. The summed E-state index contributed by atoms with van der Waals surface area (Å²) < 4.78 is 106. The van der Waals surface area contributed by atoms with Gasteiger partial charge in [0.2, 0.25) is 16.5 Å². The van der Waals surface area contributed by atoms with Crippen LogP contribution in [0.1, 0.15) is 0 Å². The number of azo groups is 1. The molecule has 3 aromatic carbocycles. The molecule has 1 heterocycles. The molecular weight excluding hydrogens is 708 g/mol. The van der Waals surface area contributed by atoms with E-state index in [2.05, 4.69) is 30.5 Å². The molecule has 1 aromatic heterocycles. The van der Waals surface area contributed by atoms with Crippen molar-refractivity contribution < 1.29 is 133 Å². The molecule has 24 heteroatoms. The Hall–Kier alpha value is -0.560. The van der Waals surface area contributed by atoms with E-state index in [0.29, 0.717) is 12.1 Å². The molecule has 2 N–H and O–H groups in total. The van der Waals surface area contributed by atoms with Crippen LogP contribution in [0.2, 0.25) is 10.6 Å². The van der Waals surface area contributed by atoms with Gasteiger partial charge in [0.25, 0.3) is 0 Å². The fraction of sp³-hybridized carbons (Fsp3) is 0. The Kier molecular flexibility index (Phi) is 14.4. The van der Waals surface area contributed by atoms with E-state index in [1.165, 1.54) is 12.1 Å². The van der Waals surface area contributed by atoms with E-state index < -0.39 is 95.1 Å². The number of aromatic nitrogens is 3. The van der Waals surface area contributed by atoms with Gasteiger partial charge in [0, 0.05) is 5.39 Å². The van der Waals surface area contributed by atoms with Crippen molar-refractivity contribution in [2.45, 2.75) is 14.7 Å². The summed E-state index contributed by atoms with van der Waals surface area (Å²) in [5.74, 6) is -1.51. The van der Waals surface area contributed by atoms with Gasteiger partial charge in [-0.15, -0.1) is 10.2 Å². The second-order valence-corrected chi connectivity index (χ2v) is 12.2. The molecule has 0 spiro atoms. The van der Waals surface area contributed by atoms with Crippen molar-refractivity contribution in [1.29, 1.82) is 0 Å². The predicted octanol–water partition coefficient (Wildman–Crippen LogP) is -6.08. The SMILES string of the molecule is O=S(=O)([O-])c1cc(Nc2nc(Cl)nc(Cl)n2)c2c(O)c(N=Nc3ccccc3S(=O)(=O)[O-])c(S(=O)(=O)[O-])cc2c1.[Na+].[Na+].[Na+]. The van der Waals surface area contributed by atoms with E-state index in [1.54, 1.807) is 0 Å². The van der Waals surface area contributed by atoms with Crippen LogP contribution in [0.25, 0.3) is 10.8 Å². The third-order valence-corrected chi connectivity index (χ3v) is 7.79. The van der Waals surface area contributed by atoms with Crippen LogP contribution in [0.5, 0.6) is 5.75 Å². The van der Waals surface area contributed by atoms with Gasteiger partial charge in [-0.05, 0) is 58.9 Å². The molecule has 16 nitrogen and oxygen atoms in total. The topological polar surface area (TPSA) is 267 Å². The number of phenolic OH excluding ortho intramolecular Hbond substituents is 1. The van der Waals surface area contributed by atoms with Gasteiger partial charge in [-0.1, -0.05) is 12.1 Å². The van der Waals surface area contributed by atoms with Crippen LogP contribution in [0, 0.1) is 0 Å². The first-order valence-electron chi connectivity index (χ1n) is 10.0. The summed E-state index contributed by atoms with van der Waals surface area (Å²) in [6.07, 6.45) is 0. The summed E-state index contributed by atoms with van der Waals surface area (Å²) in [7, 11) is -15.7. The second-order valence-electron chi connectivity index (χ2n) is 7.49. The monoisotopic (exact) mass is 716 g/mol. The smallest absolute Gasteiger partial charge is 0.744 e. The van der Waals surface area contributed by atoms with Crippen LogP contribution in [0.15, 0.2) is 67.4 Å². The van der Waals surface area contributed by atoms with Gasteiger partial charge in [0.1, 0.15) is 41.7 Å². The number of hydrogen-bond donors (Lipinski definition) is 2. The zero-order valence-corrected chi connectivity index (χ0v) is 31.8. The normalized spacial score (nSPS) is 11.8. The van der Waals surface area contributed by atoms with Gasteiger partial charge in [-0.3, -0.25) is 0 Å². The number of benzene rings is 3. The third kappa shape index (κ3) is 9.72. The van der Waals surface area contributed by atoms with Crippen molar-refractivity contribution in [1.82, 2.24) is 15.0 Å². The number of aromatic hydroxyl groups is 1.